The van der Waals surface area contributed by atoms with Crippen molar-refractivity contribution >= 4 is 21.8 Å². The Hall–Kier alpha value is -2.67. The third-order valence-electron chi connectivity index (χ3n) is 6.25. The Morgan fingerprint density at radius 2 is 1.69 bits per heavy atom. The maximum absolute atomic E-state index is 13.8. The van der Waals surface area contributed by atoms with E-state index >= 15 is 0 Å². The van der Waals surface area contributed by atoms with Gasteiger partial charge in [0.1, 0.15) is 0 Å². The summed E-state index contributed by atoms with van der Waals surface area (Å²) in [6.07, 6.45) is 7.82. The van der Waals surface area contributed by atoms with Gasteiger partial charge in [-0.05, 0) is 49.0 Å². The van der Waals surface area contributed by atoms with Crippen LogP contribution in [0.3, 0.4) is 0 Å². The molecule has 0 radical (unpaired) electrons. The van der Waals surface area contributed by atoms with Gasteiger partial charge in [-0.1, -0.05) is 49.3 Å². The number of carbonyl (C=O) groups is 2. The Balaban J connectivity index is 2.34. The molecule has 0 N–H and O–H groups in total. The highest BCUT2D eigenvalue weighted by atomic mass is 32.2. The molecule has 0 saturated heterocycles. The van der Waals surface area contributed by atoms with Crippen LogP contribution < -0.4 is 0 Å². The van der Waals surface area contributed by atoms with E-state index in [1.165, 1.54) is 26.4 Å². The Morgan fingerprint density at radius 3 is 2.28 bits per heavy atom. The van der Waals surface area contributed by atoms with E-state index in [2.05, 4.69) is 6.92 Å². The number of ether oxygens (including phenoxy) is 2. The minimum absolute atomic E-state index is 0.0629. The maximum Gasteiger partial charge on any atom is 0.323 e. The van der Waals surface area contributed by atoms with Crippen molar-refractivity contribution in [2.75, 3.05) is 14.2 Å². The minimum atomic E-state index is -3.97. The number of methoxy groups -OCH3 is 2. The lowest BCUT2D eigenvalue weighted by atomic mass is 9.70. The molecule has 0 atom stereocenters. The first-order chi connectivity index (χ1) is 15.3. The van der Waals surface area contributed by atoms with Gasteiger partial charge >= 0.3 is 11.9 Å². The van der Waals surface area contributed by atoms with Crippen molar-refractivity contribution in [2.45, 2.75) is 56.8 Å². The van der Waals surface area contributed by atoms with Gasteiger partial charge in [0, 0.05) is 12.8 Å². The molecule has 0 unspecified atom stereocenters. The molecule has 0 bridgehead atoms. The number of benzene rings is 1. The Labute approximate surface area is 189 Å². The predicted octanol–water partition coefficient (Wildman–Crippen LogP) is 4.68. The Morgan fingerprint density at radius 1 is 1.03 bits per heavy atom. The lowest BCUT2D eigenvalue weighted by Crippen LogP contribution is -2.45. The van der Waals surface area contributed by atoms with Crippen LogP contribution >= 0.6 is 0 Å². The smallest absolute Gasteiger partial charge is 0.323 e. The standard InChI is InChI=1S/C25H30O6S/c1-4-5-11-18-12-9-10-15-20-21(18)16-25(23(26)30-2,24(27)31-3)17-22(20)32(28,29)19-13-7-6-8-14-19/h6-8,10,13-15H,4-5,9,11-12,16-17H2,1-3H3. The molecule has 3 rings (SSSR count). The highest BCUT2D eigenvalue weighted by Crippen LogP contribution is 2.50. The second-order valence-corrected chi connectivity index (χ2v) is 10.2. The zero-order valence-corrected chi connectivity index (χ0v) is 19.7. The molecule has 0 saturated carbocycles. The molecule has 0 aliphatic heterocycles. The van der Waals surface area contributed by atoms with Crippen molar-refractivity contribution in [3.63, 3.8) is 0 Å². The highest BCUT2D eigenvalue weighted by Gasteiger charge is 2.54. The molecule has 172 valence electrons. The molecule has 0 fully saturated rings. The fraction of sp³-hybridized carbons (Fsp3) is 0.440. The summed E-state index contributed by atoms with van der Waals surface area (Å²) in [4.78, 5) is 26.2. The number of allylic oxidation sites excluding steroid dienone is 6. The first-order valence-electron chi connectivity index (χ1n) is 10.9. The van der Waals surface area contributed by atoms with E-state index in [0.29, 0.717) is 5.57 Å². The number of carbonyl (C=O) groups excluding carboxylic acids is 2. The fourth-order valence-corrected chi connectivity index (χ4v) is 6.24. The molecule has 0 amide bonds. The van der Waals surface area contributed by atoms with E-state index in [1.54, 1.807) is 18.2 Å². The summed E-state index contributed by atoms with van der Waals surface area (Å²) in [5.41, 5.74) is 0.698. The summed E-state index contributed by atoms with van der Waals surface area (Å²) < 4.78 is 37.6. The highest BCUT2D eigenvalue weighted by molar-refractivity contribution is 7.95. The van der Waals surface area contributed by atoms with Gasteiger partial charge < -0.3 is 9.47 Å². The zero-order chi connectivity index (χ0) is 23.4. The number of unbranched alkanes of at least 4 members (excludes halogenated alkanes) is 1. The van der Waals surface area contributed by atoms with E-state index in [-0.39, 0.29) is 22.6 Å². The summed E-state index contributed by atoms with van der Waals surface area (Å²) >= 11 is 0. The fourth-order valence-electron chi connectivity index (χ4n) is 4.53. The van der Waals surface area contributed by atoms with Crippen LogP contribution in [-0.2, 0) is 28.9 Å². The first-order valence-corrected chi connectivity index (χ1v) is 12.4. The van der Waals surface area contributed by atoms with Gasteiger partial charge in [0.05, 0.1) is 24.0 Å². The van der Waals surface area contributed by atoms with Crippen molar-refractivity contribution in [3.05, 3.63) is 64.1 Å². The number of rotatable bonds is 7. The van der Waals surface area contributed by atoms with Gasteiger partial charge in [0.15, 0.2) is 5.41 Å². The van der Waals surface area contributed by atoms with E-state index in [9.17, 15) is 18.0 Å². The molecule has 32 heavy (non-hydrogen) atoms. The third kappa shape index (κ3) is 4.31. The molecule has 0 heterocycles. The van der Waals surface area contributed by atoms with Crippen LogP contribution in [0.15, 0.2) is 69.0 Å². The van der Waals surface area contributed by atoms with E-state index in [4.69, 9.17) is 9.47 Å². The molecule has 1 aromatic carbocycles. The minimum Gasteiger partial charge on any atom is -0.468 e. The van der Waals surface area contributed by atoms with Crippen LogP contribution in [0.1, 0.15) is 51.9 Å². The van der Waals surface area contributed by atoms with Crippen LogP contribution in [0, 0.1) is 5.41 Å². The molecular formula is C25H30O6S. The lowest BCUT2D eigenvalue weighted by Gasteiger charge is -2.36. The summed E-state index contributed by atoms with van der Waals surface area (Å²) in [6, 6.07) is 8.10. The predicted molar refractivity (Wildman–Crippen MR) is 121 cm³/mol. The van der Waals surface area contributed by atoms with Crippen LogP contribution in [0.5, 0.6) is 0 Å². The lowest BCUT2D eigenvalue weighted by molar-refractivity contribution is -0.169. The quantitative estimate of drug-likeness (QED) is 0.436. The topological polar surface area (TPSA) is 86.7 Å². The van der Waals surface area contributed by atoms with E-state index < -0.39 is 27.2 Å². The van der Waals surface area contributed by atoms with E-state index in [1.807, 2.05) is 12.2 Å². The molecule has 0 aromatic heterocycles. The molecule has 7 heteroatoms. The van der Waals surface area contributed by atoms with Gasteiger partial charge in [0.25, 0.3) is 0 Å². The van der Waals surface area contributed by atoms with Gasteiger partial charge in [-0.3, -0.25) is 9.59 Å². The number of fused-ring (bicyclic) bond motifs is 1. The second kappa shape index (κ2) is 9.86. The number of hydrogen-bond acceptors (Lipinski definition) is 6. The Bertz CT molecular complexity index is 1060. The first kappa shape index (κ1) is 24.0. The molecule has 1 aromatic rings. The maximum atomic E-state index is 13.8. The average Bonchev–Trinajstić information content (AvgIpc) is 3.03. The Kier molecular flexibility index (Phi) is 7.39. The van der Waals surface area contributed by atoms with Crippen LogP contribution in [0.4, 0.5) is 0 Å². The van der Waals surface area contributed by atoms with Crippen molar-refractivity contribution in [3.8, 4) is 0 Å². The van der Waals surface area contributed by atoms with Crippen molar-refractivity contribution in [2.24, 2.45) is 5.41 Å². The summed E-state index contributed by atoms with van der Waals surface area (Å²) in [6.45, 7) is 2.09. The largest absolute Gasteiger partial charge is 0.468 e. The molecule has 6 nitrogen and oxygen atoms in total. The zero-order valence-electron chi connectivity index (χ0n) is 18.8. The van der Waals surface area contributed by atoms with Crippen LogP contribution in [-0.4, -0.2) is 34.6 Å². The van der Waals surface area contributed by atoms with Crippen LogP contribution in [0.2, 0.25) is 0 Å². The van der Waals surface area contributed by atoms with Gasteiger partial charge in [-0.25, -0.2) is 8.42 Å². The van der Waals surface area contributed by atoms with Gasteiger partial charge in [0.2, 0.25) is 9.84 Å². The van der Waals surface area contributed by atoms with Crippen LogP contribution in [0.25, 0.3) is 0 Å². The number of esters is 2. The SMILES string of the molecule is CCCCC1=C2CC(C(=O)OC)(C(=O)OC)CC(S(=O)(=O)c3ccccc3)=C2C=CCC1. The molecule has 2 aliphatic carbocycles. The van der Waals surface area contributed by atoms with Crippen molar-refractivity contribution in [1.29, 1.82) is 0 Å². The van der Waals surface area contributed by atoms with Gasteiger partial charge in [-0.15, -0.1) is 0 Å². The van der Waals surface area contributed by atoms with Gasteiger partial charge in [-0.2, -0.15) is 0 Å². The van der Waals surface area contributed by atoms with E-state index in [0.717, 1.165) is 43.3 Å². The number of hydrogen-bond donors (Lipinski definition) is 0. The summed E-state index contributed by atoms with van der Waals surface area (Å²) in [5, 5.41) is 0. The van der Waals surface area contributed by atoms with Crippen molar-refractivity contribution in [1.82, 2.24) is 0 Å². The molecular weight excluding hydrogens is 428 g/mol. The number of sulfone groups is 1. The summed E-state index contributed by atoms with van der Waals surface area (Å²) in [5.74, 6) is -1.56. The molecule has 2 aliphatic rings. The molecule has 0 spiro atoms. The second-order valence-electron chi connectivity index (χ2n) is 8.20. The summed E-state index contributed by atoms with van der Waals surface area (Å²) in [7, 11) is -1.56. The average molecular weight is 459 g/mol. The monoisotopic (exact) mass is 458 g/mol. The van der Waals surface area contributed by atoms with Crippen molar-refractivity contribution < 1.29 is 27.5 Å². The third-order valence-corrected chi connectivity index (χ3v) is 8.16. The normalized spacial score (nSPS) is 18.1.